The minimum Gasteiger partial charge on any atom is -0.458 e. The van der Waals surface area contributed by atoms with Gasteiger partial charge in [-0.2, -0.15) is 0 Å². The van der Waals surface area contributed by atoms with Crippen LogP contribution in [0.2, 0.25) is 0 Å². The van der Waals surface area contributed by atoms with Crippen LogP contribution in [0, 0.1) is 0 Å². The van der Waals surface area contributed by atoms with Crippen LogP contribution < -0.4 is 15.2 Å². The van der Waals surface area contributed by atoms with Crippen LogP contribution in [0.15, 0.2) is 18.2 Å². The molecule has 0 aliphatic rings. The number of carbonyl (C=O) groups is 4. The van der Waals surface area contributed by atoms with Gasteiger partial charge in [0.1, 0.15) is 30.5 Å². The Hall–Kier alpha value is -3.54. The van der Waals surface area contributed by atoms with Gasteiger partial charge in [-0.3, -0.25) is 4.79 Å². The van der Waals surface area contributed by atoms with E-state index in [9.17, 15) is 19.2 Å². The molecule has 1 rings (SSSR count). The van der Waals surface area contributed by atoms with E-state index >= 15 is 0 Å². The van der Waals surface area contributed by atoms with E-state index in [1.165, 1.54) is 12.1 Å². The molecule has 5 atom stereocenters. The molecule has 0 radical (unpaired) electrons. The zero-order valence-corrected chi connectivity index (χ0v) is 25.1. The summed E-state index contributed by atoms with van der Waals surface area (Å²) >= 11 is 0. The molecule has 0 spiro atoms. The van der Waals surface area contributed by atoms with Gasteiger partial charge in [-0.1, -0.05) is 39.7 Å². The summed E-state index contributed by atoms with van der Waals surface area (Å²) in [4.78, 5) is 49.0. The number of nitrogens with two attached hydrogens (primary N) is 1. The van der Waals surface area contributed by atoms with E-state index < -0.39 is 42.7 Å². The molecule has 0 saturated heterocycles. The molecule has 0 aromatic heterocycles. The van der Waals surface area contributed by atoms with Gasteiger partial charge in [0.2, 0.25) is 0 Å². The number of hydrogen-bond acceptors (Lipinski definition) is 12. The summed E-state index contributed by atoms with van der Waals surface area (Å²) in [5, 5.41) is 0. The highest BCUT2D eigenvalue weighted by Crippen LogP contribution is 2.30. The number of benzene rings is 1. The highest BCUT2D eigenvalue weighted by atomic mass is 16.8. The van der Waals surface area contributed by atoms with Crippen molar-refractivity contribution in [1.29, 1.82) is 0 Å². The summed E-state index contributed by atoms with van der Waals surface area (Å²) in [7, 11) is 0. The van der Waals surface area contributed by atoms with Crippen LogP contribution >= 0.6 is 0 Å². The molecule has 0 bridgehead atoms. The molecule has 0 saturated carbocycles. The van der Waals surface area contributed by atoms with Crippen molar-refractivity contribution in [2.45, 2.75) is 117 Å². The Kier molecular flexibility index (Phi) is 16.2. The fourth-order valence-corrected chi connectivity index (χ4v) is 3.50. The van der Waals surface area contributed by atoms with E-state index in [1.54, 1.807) is 33.8 Å². The molecular weight excluding hydrogens is 538 g/mol. The second-order valence-corrected chi connectivity index (χ2v) is 9.79. The first-order valence-electron chi connectivity index (χ1n) is 14.1. The quantitative estimate of drug-likeness (QED) is 0.141. The number of ether oxygens (including phenoxy) is 7. The molecule has 1 aromatic rings. The van der Waals surface area contributed by atoms with E-state index in [2.05, 4.69) is 0 Å². The minimum absolute atomic E-state index is 0.00472. The number of carbonyl (C=O) groups excluding carboxylic acids is 4. The van der Waals surface area contributed by atoms with E-state index in [4.69, 9.17) is 38.9 Å². The lowest BCUT2D eigenvalue weighted by Crippen LogP contribution is -2.39. The molecule has 1 aromatic carbocycles. The van der Waals surface area contributed by atoms with E-state index in [0.717, 1.165) is 12.8 Å². The molecular formula is C29H45NO11. The number of hydrogen-bond donors (Lipinski definition) is 1. The lowest BCUT2D eigenvalue weighted by Gasteiger charge is -2.22. The van der Waals surface area contributed by atoms with Crippen LogP contribution in [0.5, 0.6) is 11.5 Å². The highest BCUT2D eigenvalue weighted by Gasteiger charge is 2.26. The summed E-state index contributed by atoms with van der Waals surface area (Å²) < 4.78 is 36.4. The second-order valence-electron chi connectivity index (χ2n) is 9.79. The maximum absolute atomic E-state index is 12.6. The first-order chi connectivity index (χ1) is 19.4. The van der Waals surface area contributed by atoms with Gasteiger partial charge in [0.15, 0.2) is 11.5 Å². The average molecular weight is 584 g/mol. The maximum atomic E-state index is 12.6. The molecule has 0 aliphatic carbocycles. The molecule has 12 nitrogen and oxygen atoms in total. The van der Waals surface area contributed by atoms with Crippen molar-refractivity contribution in [3.63, 3.8) is 0 Å². The van der Waals surface area contributed by atoms with Gasteiger partial charge in [0.05, 0.1) is 6.61 Å². The third kappa shape index (κ3) is 14.1. The van der Waals surface area contributed by atoms with Crippen LogP contribution in [0.3, 0.4) is 0 Å². The van der Waals surface area contributed by atoms with Crippen LogP contribution in [-0.2, 0) is 34.9 Å². The molecule has 232 valence electrons. The Bertz CT molecular complexity index is 984. The van der Waals surface area contributed by atoms with Gasteiger partial charge in [0.25, 0.3) is 0 Å². The maximum Gasteiger partial charge on any atom is 0.514 e. The van der Waals surface area contributed by atoms with E-state index in [1.807, 2.05) is 20.8 Å². The van der Waals surface area contributed by atoms with E-state index in [0.29, 0.717) is 24.8 Å². The zero-order chi connectivity index (χ0) is 30.9. The molecule has 0 fully saturated rings. The minimum atomic E-state index is -1.10. The predicted octanol–water partition coefficient (Wildman–Crippen LogP) is 5.85. The summed E-state index contributed by atoms with van der Waals surface area (Å²) in [5.41, 5.74) is 6.56. The van der Waals surface area contributed by atoms with Gasteiger partial charge in [-0.15, -0.1) is 0 Å². The first-order valence-corrected chi connectivity index (χ1v) is 14.1. The van der Waals surface area contributed by atoms with Crippen molar-refractivity contribution in [3.8, 4) is 11.5 Å². The Balaban J connectivity index is 2.96. The normalized spacial score (nSPS) is 14.4. The largest absolute Gasteiger partial charge is 0.514 e. The van der Waals surface area contributed by atoms with Gasteiger partial charge >= 0.3 is 24.4 Å². The lowest BCUT2D eigenvalue weighted by molar-refractivity contribution is -0.155. The molecule has 0 amide bonds. The molecule has 0 heterocycles. The van der Waals surface area contributed by atoms with Gasteiger partial charge in [0, 0.05) is 0 Å². The summed E-state index contributed by atoms with van der Waals surface area (Å²) in [5.74, 6) is -0.926. The predicted molar refractivity (Wildman–Crippen MR) is 149 cm³/mol. The Morgan fingerprint density at radius 1 is 0.707 bits per heavy atom. The standard InChI is InChI=1S/C29H45NO11/c1-8-11-18(4)36-28(33)40-24-14-13-22(17-25(24)41-29(34)37-19(5)12-9-2)16-23(30)26(31)38-20(6)21(7)39-27(32)35-15-10-3/h13-14,17-21,23H,8-12,15-16,30H2,1-7H3/t18?,19?,20-,21-,23-/m0/s1. The Labute approximate surface area is 242 Å². The smallest absolute Gasteiger partial charge is 0.458 e. The SMILES string of the molecule is CCCOC(=O)O[C@@H](C)[C@H](C)OC(=O)[C@@H](N)Cc1ccc(OC(=O)OC(C)CCC)c(OC(=O)OC(C)CCC)c1. The first kappa shape index (κ1) is 35.5. The Morgan fingerprint density at radius 2 is 1.24 bits per heavy atom. The molecule has 12 heteroatoms. The van der Waals surface area contributed by atoms with Gasteiger partial charge < -0.3 is 38.9 Å². The van der Waals surface area contributed by atoms with Crippen molar-refractivity contribution in [2.75, 3.05) is 6.61 Å². The number of rotatable bonds is 16. The third-order valence-corrected chi connectivity index (χ3v) is 5.81. The molecule has 2 unspecified atom stereocenters. The second kappa shape index (κ2) is 18.7. The average Bonchev–Trinajstić information content (AvgIpc) is 2.88. The van der Waals surface area contributed by atoms with Crippen molar-refractivity contribution in [3.05, 3.63) is 23.8 Å². The fourth-order valence-electron chi connectivity index (χ4n) is 3.50. The van der Waals surface area contributed by atoms with Crippen LogP contribution in [-0.4, -0.2) is 61.5 Å². The van der Waals surface area contributed by atoms with Crippen LogP contribution in [0.25, 0.3) is 0 Å². The third-order valence-electron chi connectivity index (χ3n) is 5.81. The Morgan fingerprint density at radius 3 is 1.78 bits per heavy atom. The highest BCUT2D eigenvalue weighted by molar-refractivity contribution is 5.76. The fraction of sp³-hybridized carbons (Fsp3) is 0.655. The summed E-state index contributed by atoms with van der Waals surface area (Å²) in [6, 6.07) is 3.27. The van der Waals surface area contributed by atoms with Crippen LogP contribution in [0.4, 0.5) is 14.4 Å². The summed E-state index contributed by atoms with van der Waals surface area (Å²) in [6.07, 6.45) is -1.55. The van der Waals surface area contributed by atoms with Gasteiger partial charge in [-0.05, 0) is 71.1 Å². The lowest BCUT2D eigenvalue weighted by atomic mass is 10.1. The summed E-state index contributed by atoms with van der Waals surface area (Å²) in [6.45, 7) is 12.6. The van der Waals surface area contributed by atoms with Crippen molar-refractivity contribution in [2.24, 2.45) is 5.73 Å². The van der Waals surface area contributed by atoms with Crippen LogP contribution in [0.1, 0.15) is 86.1 Å². The van der Waals surface area contributed by atoms with Crippen molar-refractivity contribution >= 4 is 24.4 Å². The van der Waals surface area contributed by atoms with Gasteiger partial charge in [-0.25, -0.2) is 14.4 Å². The van der Waals surface area contributed by atoms with Crippen molar-refractivity contribution < 1.29 is 52.3 Å². The zero-order valence-electron chi connectivity index (χ0n) is 25.1. The monoisotopic (exact) mass is 583 g/mol. The van der Waals surface area contributed by atoms with Crippen molar-refractivity contribution in [1.82, 2.24) is 0 Å². The molecule has 41 heavy (non-hydrogen) atoms. The molecule has 2 N–H and O–H groups in total. The van der Waals surface area contributed by atoms with E-state index in [-0.39, 0.29) is 36.7 Å². The topological polar surface area (TPSA) is 159 Å². The number of esters is 1. The molecule has 0 aliphatic heterocycles.